The van der Waals surface area contributed by atoms with Crippen LogP contribution in [-0.4, -0.2) is 11.7 Å². The van der Waals surface area contributed by atoms with Gasteiger partial charge in [0.2, 0.25) is 0 Å². The van der Waals surface area contributed by atoms with Crippen LogP contribution in [0.4, 0.5) is 10.1 Å². The topological polar surface area (TPSA) is 37.4 Å². The molecule has 0 unspecified atom stereocenters. The number of carbonyl (C=O) groups excluding carboxylic acids is 2. The van der Waals surface area contributed by atoms with E-state index in [2.05, 4.69) is 15.9 Å². The molecule has 3 nitrogen and oxygen atoms in total. The van der Waals surface area contributed by atoms with Crippen LogP contribution in [0.2, 0.25) is 5.02 Å². The van der Waals surface area contributed by atoms with Gasteiger partial charge in [-0.25, -0.2) is 4.39 Å². The van der Waals surface area contributed by atoms with Crippen molar-refractivity contribution < 1.29 is 14.0 Å². The van der Waals surface area contributed by atoms with E-state index in [0.29, 0.717) is 16.3 Å². The second kappa shape index (κ2) is 5.24. The second-order valence-corrected chi connectivity index (χ2v) is 5.77. The van der Waals surface area contributed by atoms with Gasteiger partial charge < -0.3 is 0 Å². The van der Waals surface area contributed by atoms with E-state index in [-0.39, 0.29) is 16.6 Å². The lowest BCUT2D eigenvalue weighted by Gasteiger charge is -2.18. The van der Waals surface area contributed by atoms with E-state index >= 15 is 0 Å². The maximum Gasteiger partial charge on any atom is 0.299 e. The average Bonchev–Trinajstić information content (AvgIpc) is 2.70. The summed E-state index contributed by atoms with van der Waals surface area (Å²) >= 11 is 9.25. The van der Waals surface area contributed by atoms with E-state index in [1.54, 1.807) is 30.3 Å². The first-order valence-electron chi connectivity index (χ1n) is 6.08. The number of anilines is 1. The van der Waals surface area contributed by atoms with Crippen LogP contribution in [0.1, 0.15) is 15.9 Å². The molecule has 2 aromatic rings. The molecule has 1 heterocycles. The number of halogens is 3. The lowest BCUT2D eigenvalue weighted by Crippen LogP contribution is -2.29. The van der Waals surface area contributed by atoms with Gasteiger partial charge >= 0.3 is 0 Å². The van der Waals surface area contributed by atoms with E-state index in [4.69, 9.17) is 11.6 Å². The Hall–Kier alpha value is -1.72. The second-order valence-electron chi connectivity index (χ2n) is 4.57. The van der Waals surface area contributed by atoms with Gasteiger partial charge in [0.25, 0.3) is 11.7 Å². The molecule has 0 fully saturated rings. The number of rotatable bonds is 2. The molecule has 1 aliphatic rings. The fourth-order valence-electron chi connectivity index (χ4n) is 2.30. The molecule has 0 spiro atoms. The molecule has 0 aromatic heterocycles. The third kappa shape index (κ3) is 2.26. The number of hydrogen-bond donors (Lipinski definition) is 0. The first kappa shape index (κ1) is 14.2. The van der Waals surface area contributed by atoms with Crippen molar-refractivity contribution in [2.45, 2.75) is 6.54 Å². The van der Waals surface area contributed by atoms with Gasteiger partial charge in [0.15, 0.2) is 0 Å². The minimum Gasteiger partial charge on any atom is -0.299 e. The molecule has 6 heteroatoms. The number of Topliss-reactive ketones (excluding diaryl/α,β-unsaturated/α-hetero) is 1. The molecular formula is C15H8BrClFNO2. The lowest BCUT2D eigenvalue weighted by molar-refractivity contribution is -0.114. The highest BCUT2D eigenvalue weighted by Crippen LogP contribution is 2.37. The molecule has 0 aliphatic carbocycles. The minimum absolute atomic E-state index is 0.0691. The molecular weight excluding hydrogens is 361 g/mol. The summed E-state index contributed by atoms with van der Waals surface area (Å²) in [4.78, 5) is 25.4. The van der Waals surface area contributed by atoms with Crippen LogP contribution in [-0.2, 0) is 11.3 Å². The van der Waals surface area contributed by atoms with Gasteiger partial charge in [0.1, 0.15) is 5.82 Å². The van der Waals surface area contributed by atoms with Crippen molar-refractivity contribution in [2.24, 2.45) is 0 Å². The van der Waals surface area contributed by atoms with Gasteiger partial charge in [-0.15, -0.1) is 0 Å². The summed E-state index contributed by atoms with van der Waals surface area (Å²) in [6.45, 7) is 0.0691. The van der Waals surface area contributed by atoms with Crippen molar-refractivity contribution in [3.8, 4) is 0 Å². The molecule has 106 valence electrons. The zero-order chi connectivity index (χ0) is 15.1. The van der Waals surface area contributed by atoms with E-state index < -0.39 is 17.5 Å². The Morgan fingerprint density at radius 3 is 2.62 bits per heavy atom. The Morgan fingerprint density at radius 2 is 1.86 bits per heavy atom. The Bertz CT molecular complexity index is 778. The maximum absolute atomic E-state index is 13.6. The number of fused-ring (bicyclic) bond motifs is 1. The summed E-state index contributed by atoms with van der Waals surface area (Å²) in [6.07, 6.45) is 0. The highest BCUT2D eigenvalue weighted by atomic mass is 79.9. The third-order valence-corrected chi connectivity index (χ3v) is 4.49. The molecule has 2 aromatic carbocycles. The van der Waals surface area contributed by atoms with E-state index in [0.717, 1.165) is 0 Å². The van der Waals surface area contributed by atoms with Crippen molar-refractivity contribution in [1.29, 1.82) is 0 Å². The van der Waals surface area contributed by atoms with Crippen LogP contribution < -0.4 is 4.90 Å². The normalized spacial score (nSPS) is 13.8. The van der Waals surface area contributed by atoms with Gasteiger partial charge in [-0.1, -0.05) is 29.8 Å². The highest BCUT2D eigenvalue weighted by Gasteiger charge is 2.37. The van der Waals surface area contributed by atoms with Crippen LogP contribution in [0, 0.1) is 5.82 Å². The smallest absolute Gasteiger partial charge is 0.299 e. The van der Waals surface area contributed by atoms with Crippen molar-refractivity contribution in [3.63, 3.8) is 0 Å². The first-order valence-corrected chi connectivity index (χ1v) is 7.25. The summed E-state index contributed by atoms with van der Waals surface area (Å²) < 4.78 is 13.8. The van der Waals surface area contributed by atoms with E-state index in [9.17, 15) is 14.0 Å². The number of benzene rings is 2. The van der Waals surface area contributed by atoms with Crippen molar-refractivity contribution in [2.75, 3.05) is 4.90 Å². The van der Waals surface area contributed by atoms with Gasteiger partial charge in [0.05, 0.1) is 27.3 Å². The number of para-hydroxylation sites is 1. The van der Waals surface area contributed by atoms with Crippen LogP contribution in [0.15, 0.2) is 40.9 Å². The Balaban J connectivity index is 2.07. The van der Waals surface area contributed by atoms with Crippen molar-refractivity contribution >= 4 is 44.9 Å². The molecule has 0 saturated heterocycles. The predicted octanol–water partition coefficient (Wildman–Crippen LogP) is 3.97. The molecule has 1 aliphatic heterocycles. The third-order valence-electron chi connectivity index (χ3n) is 3.30. The van der Waals surface area contributed by atoms with Crippen LogP contribution in [0.3, 0.4) is 0 Å². The summed E-state index contributed by atoms with van der Waals surface area (Å²) in [5, 5.41) is 0.319. The monoisotopic (exact) mass is 367 g/mol. The minimum atomic E-state index is -0.658. The Kier molecular flexibility index (Phi) is 3.55. The Morgan fingerprint density at radius 1 is 1.14 bits per heavy atom. The summed E-state index contributed by atoms with van der Waals surface area (Å²) in [6, 6.07) is 9.33. The summed E-state index contributed by atoms with van der Waals surface area (Å²) in [5.74, 6) is -1.68. The van der Waals surface area contributed by atoms with Crippen LogP contribution in [0.5, 0.6) is 0 Å². The largest absolute Gasteiger partial charge is 0.299 e. The molecule has 3 rings (SSSR count). The molecule has 0 saturated carbocycles. The number of carbonyl (C=O) groups is 2. The Labute approximate surface area is 133 Å². The van der Waals surface area contributed by atoms with Gasteiger partial charge in [0, 0.05) is 0 Å². The first-order chi connectivity index (χ1) is 10.0. The lowest BCUT2D eigenvalue weighted by atomic mass is 10.1. The fraction of sp³-hybridized carbons (Fsp3) is 0.0667. The van der Waals surface area contributed by atoms with Gasteiger partial charge in [-0.05, 0) is 39.7 Å². The number of nitrogens with zero attached hydrogens (tertiary/aromatic N) is 1. The molecule has 0 radical (unpaired) electrons. The summed E-state index contributed by atoms with van der Waals surface area (Å²) in [5.41, 5.74) is 1.22. The number of ketones is 1. The number of amides is 1. The predicted molar refractivity (Wildman–Crippen MR) is 81.1 cm³/mol. The van der Waals surface area contributed by atoms with Crippen molar-refractivity contribution in [1.82, 2.24) is 0 Å². The molecule has 0 N–H and O–H groups in total. The maximum atomic E-state index is 13.6. The number of hydrogen-bond acceptors (Lipinski definition) is 2. The summed E-state index contributed by atoms with van der Waals surface area (Å²) in [7, 11) is 0. The average molecular weight is 369 g/mol. The molecule has 1 amide bonds. The van der Waals surface area contributed by atoms with Crippen LogP contribution >= 0.6 is 27.5 Å². The molecule has 0 bridgehead atoms. The molecule has 21 heavy (non-hydrogen) atoms. The SMILES string of the molecule is O=C1C(=O)N(Cc2cccc(F)c2Br)c2c(Cl)cccc21. The quantitative estimate of drug-likeness (QED) is 0.752. The zero-order valence-corrected chi connectivity index (χ0v) is 12.9. The highest BCUT2D eigenvalue weighted by molar-refractivity contribution is 9.10. The van der Waals surface area contributed by atoms with Crippen molar-refractivity contribution in [3.05, 3.63) is 62.8 Å². The molecule has 0 atom stereocenters. The van der Waals surface area contributed by atoms with Gasteiger partial charge in [-0.3, -0.25) is 14.5 Å². The van der Waals surface area contributed by atoms with E-state index in [1.165, 1.54) is 11.0 Å². The van der Waals surface area contributed by atoms with Gasteiger partial charge in [-0.2, -0.15) is 0 Å². The standard InChI is InChI=1S/C15H8BrClFNO2/c16-12-8(3-1-6-11(12)18)7-19-13-9(14(20)15(19)21)4-2-5-10(13)17/h1-6H,7H2. The van der Waals surface area contributed by atoms with E-state index in [1.807, 2.05) is 0 Å². The zero-order valence-electron chi connectivity index (χ0n) is 10.6. The fourth-order valence-corrected chi connectivity index (χ4v) is 2.97. The van der Waals surface area contributed by atoms with Crippen LogP contribution in [0.25, 0.3) is 0 Å².